The molecule has 0 spiro atoms. The lowest BCUT2D eigenvalue weighted by molar-refractivity contribution is 0.233. The molecule has 1 aliphatic heterocycles. The summed E-state index contributed by atoms with van der Waals surface area (Å²) in [5.74, 6) is 0. The van der Waals surface area contributed by atoms with Crippen LogP contribution in [0.3, 0.4) is 0 Å². The van der Waals surface area contributed by atoms with Gasteiger partial charge in [-0.15, -0.1) is 0 Å². The van der Waals surface area contributed by atoms with Gasteiger partial charge in [-0.25, -0.2) is 4.79 Å². The summed E-state index contributed by atoms with van der Waals surface area (Å²) in [5.41, 5.74) is 2.69. The van der Waals surface area contributed by atoms with Gasteiger partial charge in [0, 0.05) is 10.2 Å². The zero-order valence-electron chi connectivity index (χ0n) is 12.0. The maximum absolute atomic E-state index is 12.4. The van der Waals surface area contributed by atoms with Crippen molar-refractivity contribution >= 4 is 45.0 Å². The molecule has 1 aromatic carbocycles. The Kier molecular flexibility index (Phi) is 4.07. The molecule has 1 saturated heterocycles. The minimum absolute atomic E-state index is 0.182. The van der Waals surface area contributed by atoms with Gasteiger partial charge in [0.2, 0.25) is 0 Å². The van der Waals surface area contributed by atoms with Crippen LogP contribution in [-0.2, 0) is 0 Å². The zero-order chi connectivity index (χ0) is 15.1. The number of hydrogen-bond acceptors (Lipinski definition) is 2. The first-order valence-electron chi connectivity index (χ1n) is 6.37. The summed E-state index contributed by atoms with van der Waals surface area (Å²) in [5, 5.41) is 6.56. The molecule has 0 atom stereocenters. The summed E-state index contributed by atoms with van der Waals surface area (Å²) < 4.78 is 1.00. The fourth-order valence-electron chi connectivity index (χ4n) is 2.31. The molecule has 0 aliphatic carbocycles. The van der Waals surface area contributed by atoms with Gasteiger partial charge in [0.1, 0.15) is 0 Å². The van der Waals surface area contributed by atoms with Crippen LogP contribution < -0.4 is 10.6 Å². The average molecular weight is 356 g/mol. The van der Waals surface area contributed by atoms with Crippen molar-refractivity contribution < 1.29 is 4.79 Å². The van der Waals surface area contributed by atoms with E-state index in [9.17, 15) is 4.79 Å². The normalized spacial score (nSPS) is 17.1. The van der Waals surface area contributed by atoms with Crippen molar-refractivity contribution in [1.29, 1.82) is 0 Å². The minimum atomic E-state index is -0.193. The molecule has 108 valence electrons. The largest absolute Gasteiger partial charge is 0.355 e. The molecule has 4 nitrogen and oxygen atoms in total. The number of halogens is 1. The number of urea groups is 1. The van der Waals surface area contributed by atoms with Crippen LogP contribution in [0.1, 0.15) is 25.0 Å². The molecule has 1 aliphatic rings. The van der Waals surface area contributed by atoms with Crippen molar-refractivity contribution in [3.8, 4) is 0 Å². The Morgan fingerprint density at radius 3 is 2.40 bits per heavy atom. The predicted octanol–water partition coefficient (Wildman–Crippen LogP) is 3.57. The molecule has 20 heavy (non-hydrogen) atoms. The zero-order valence-corrected chi connectivity index (χ0v) is 14.4. The van der Waals surface area contributed by atoms with Crippen molar-refractivity contribution in [2.75, 3.05) is 11.9 Å². The number of anilines is 1. The van der Waals surface area contributed by atoms with E-state index in [-0.39, 0.29) is 11.6 Å². The topological polar surface area (TPSA) is 44.4 Å². The van der Waals surface area contributed by atoms with Crippen molar-refractivity contribution in [3.63, 3.8) is 0 Å². The molecular formula is C14H18BrN3OS. The first-order valence-corrected chi connectivity index (χ1v) is 7.57. The van der Waals surface area contributed by atoms with Gasteiger partial charge < -0.3 is 10.6 Å². The molecule has 0 saturated carbocycles. The highest BCUT2D eigenvalue weighted by atomic mass is 79.9. The Morgan fingerprint density at radius 2 is 1.95 bits per heavy atom. The van der Waals surface area contributed by atoms with E-state index in [1.807, 2.05) is 39.8 Å². The molecule has 2 N–H and O–H groups in total. The van der Waals surface area contributed by atoms with Gasteiger partial charge in [0.05, 0.1) is 12.1 Å². The lowest BCUT2D eigenvalue weighted by Crippen LogP contribution is -2.37. The number of benzene rings is 1. The molecule has 0 unspecified atom stereocenters. The summed E-state index contributed by atoms with van der Waals surface area (Å²) in [6.45, 7) is 8.54. The van der Waals surface area contributed by atoms with E-state index in [0.717, 1.165) is 21.3 Å². The van der Waals surface area contributed by atoms with E-state index in [1.165, 1.54) is 0 Å². The van der Waals surface area contributed by atoms with Crippen molar-refractivity contribution in [2.24, 2.45) is 0 Å². The van der Waals surface area contributed by atoms with Crippen molar-refractivity contribution in [3.05, 3.63) is 27.7 Å². The molecule has 0 bridgehead atoms. The molecule has 0 aromatic heterocycles. The van der Waals surface area contributed by atoms with E-state index in [4.69, 9.17) is 12.2 Å². The number of rotatable bonds is 1. The van der Waals surface area contributed by atoms with Gasteiger partial charge >= 0.3 is 6.03 Å². The summed E-state index contributed by atoms with van der Waals surface area (Å²) in [7, 11) is 0. The lowest BCUT2D eigenvalue weighted by Gasteiger charge is -2.19. The lowest BCUT2D eigenvalue weighted by atomic mass is 10.1. The highest BCUT2D eigenvalue weighted by Gasteiger charge is 2.35. The number of carbonyl (C=O) groups is 1. The SMILES string of the molecule is Cc1cc(Br)cc(C)c1NC(=O)N1CC(C)(C)NC1=S. The third-order valence-electron chi connectivity index (χ3n) is 3.22. The van der Waals surface area contributed by atoms with Crippen molar-refractivity contribution in [2.45, 2.75) is 33.2 Å². The number of carbonyl (C=O) groups excluding carboxylic acids is 1. The number of amides is 2. The number of thiocarbonyl (C=S) groups is 1. The van der Waals surface area contributed by atoms with E-state index in [0.29, 0.717) is 11.7 Å². The fourth-order valence-corrected chi connectivity index (χ4v) is 3.42. The molecule has 2 rings (SSSR count). The Morgan fingerprint density at radius 1 is 1.40 bits per heavy atom. The van der Waals surface area contributed by atoms with E-state index < -0.39 is 0 Å². The second kappa shape index (κ2) is 5.33. The second-order valence-electron chi connectivity index (χ2n) is 5.74. The van der Waals surface area contributed by atoms with E-state index in [1.54, 1.807) is 4.90 Å². The standard InChI is InChI=1S/C14H18BrN3OS/c1-8-5-10(15)6-9(2)11(8)16-12(19)18-7-14(3,4)17-13(18)20/h5-6H,7H2,1-4H3,(H,16,19)(H,17,20). The molecule has 0 radical (unpaired) electrons. The minimum Gasteiger partial charge on any atom is -0.355 e. The molecule has 1 heterocycles. The quantitative estimate of drug-likeness (QED) is 0.757. The van der Waals surface area contributed by atoms with Crippen molar-refractivity contribution in [1.82, 2.24) is 10.2 Å². The first kappa shape index (κ1) is 15.3. The Balaban J connectivity index is 2.19. The summed E-state index contributed by atoms with van der Waals surface area (Å²) in [6, 6.07) is 3.77. The van der Waals surface area contributed by atoms with Crippen LogP contribution in [0.4, 0.5) is 10.5 Å². The van der Waals surface area contributed by atoms with Crippen LogP contribution in [0.15, 0.2) is 16.6 Å². The maximum Gasteiger partial charge on any atom is 0.328 e. The third-order valence-corrected chi connectivity index (χ3v) is 4.00. The molecular weight excluding hydrogens is 338 g/mol. The van der Waals surface area contributed by atoms with Crippen LogP contribution in [0.5, 0.6) is 0 Å². The first-order chi connectivity index (χ1) is 9.19. The Hall–Kier alpha value is -1.14. The van der Waals surface area contributed by atoms with Crippen LogP contribution >= 0.6 is 28.1 Å². The summed E-state index contributed by atoms with van der Waals surface area (Å²) >= 11 is 8.66. The number of aryl methyl sites for hydroxylation is 2. The van der Waals surface area contributed by atoms with Gasteiger partial charge in [-0.1, -0.05) is 15.9 Å². The number of nitrogens with one attached hydrogen (secondary N) is 2. The highest BCUT2D eigenvalue weighted by molar-refractivity contribution is 9.10. The Bertz CT molecular complexity index is 563. The van der Waals surface area contributed by atoms with Crippen LogP contribution in [-0.4, -0.2) is 28.1 Å². The molecule has 6 heteroatoms. The maximum atomic E-state index is 12.4. The highest BCUT2D eigenvalue weighted by Crippen LogP contribution is 2.26. The molecule has 1 aromatic rings. The van der Waals surface area contributed by atoms with Crippen LogP contribution in [0.2, 0.25) is 0 Å². The fraction of sp³-hybridized carbons (Fsp3) is 0.429. The van der Waals surface area contributed by atoms with Gasteiger partial charge in [0.25, 0.3) is 0 Å². The van der Waals surface area contributed by atoms with E-state index in [2.05, 4.69) is 26.6 Å². The smallest absolute Gasteiger partial charge is 0.328 e. The molecule has 2 amide bonds. The summed E-state index contributed by atoms with van der Waals surface area (Å²) in [6.07, 6.45) is 0. The Labute approximate surface area is 133 Å². The van der Waals surface area contributed by atoms with Gasteiger partial charge in [-0.2, -0.15) is 0 Å². The van der Waals surface area contributed by atoms with E-state index >= 15 is 0 Å². The second-order valence-corrected chi connectivity index (χ2v) is 7.05. The monoisotopic (exact) mass is 355 g/mol. The van der Waals surface area contributed by atoms with Gasteiger partial charge in [-0.05, 0) is 63.2 Å². The van der Waals surface area contributed by atoms with Gasteiger partial charge in [-0.3, -0.25) is 4.90 Å². The van der Waals surface area contributed by atoms with Crippen LogP contribution in [0.25, 0.3) is 0 Å². The predicted molar refractivity (Wildman–Crippen MR) is 89.2 cm³/mol. The third kappa shape index (κ3) is 3.12. The van der Waals surface area contributed by atoms with Gasteiger partial charge in [0.15, 0.2) is 5.11 Å². The number of hydrogen-bond donors (Lipinski definition) is 2. The average Bonchev–Trinajstić information content (AvgIpc) is 2.57. The summed E-state index contributed by atoms with van der Waals surface area (Å²) in [4.78, 5) is 13.9. The van der Waals surface area contributed by atoms with Crippen LogP contribution in [0, 0.1) is 13.8 Å². The number of nitrogens with zero attached hydrogens (tertiary/aromatic N) is 1. The molecule has 1 fully saturated rings.